The number of carbonyl (C=O) groups is 1. The van der Waals surface area contributed by atoms with Crippen LogP contribution in [0.15, 0.2) is 89.5 Å². The molecule has 1 heterocycles. The van der Waals surface area contributed by atoms with Crippen LogP contribution in [-0.2, 0) is 17.8 Å². The molecule has 0 radical (unpaired) electrons. The Hall–Kier alpha value is -3.93. The Labute approximate surface area is 186 Å². The van der Waals surface area contributed by atoms with Crippen LogP contribution in [0, 0.1) is 5.82 Å². The molecule has 6 heteroatoms. The molecule has 0 saturated heterocycles. The Morgan fingerprint density at radius 2 is 1.72 bits per heavy atom. The van der Waals surface area contributed by atoms with Gasteiger partial charge in [0.25, 0.3) is 0 Å². The zero-order valence-electron chi connectivity index (χ0n) is 17.7. The fourth-order valence-corrected chi connectivity index (χ4v) is 3.41. The molecular formula is C26H23FN2O3. The highest BCUT2D eigenvalue weighted by atomic mass is 19.1. The molecule has 5 nitrogen and oxygen atoms in total. The summed E-state index contributed by atoms with van der Waals surface area (Å²) in [6, 6.07) is 23.6. The van der Waals surface area contributed by atoms with Crippen LogP contribution in [0.3, 0.4) is 0 Å². The van der Waals surface area contributed by atoms with Crippen LogP contribution in [0.25, 0.3) is 11.3 Å². The van der Waals surface area contributed by atoms with Crippen LogP contribution in [0.4, 0.5) is 10.1 Å². The molecule has 0 unspecified atom stereocenters. The molecule has 0 spiro atoms. The number of rotatable bonds is 8. The van der Waals surface area contributed by atoms with Crippen LogP contribution in [0.1, 0.15) is 17.9 Å². The number of hydrogen-bond acceptors (Lipinski definition) is 4. The molecule has 3 aromatic carbocycles. The quantitative estimate of drug-likeness (QED) is 0.362. The molecule has 4 aromatic rings. The van der Waals surface area contributed by atoms with E-state index in [1.54, 1.807) is 30.2 Å². The second-order valence-corrected chi connectivity index (χ2v) is 7.26. The van der Waals surface area contributed by atoms with Gasteiger partial charge in [-0.25, -0.2) is 9.37 Å². The number of ether oxygens (including phenoxy) is 1. The molecule has 162 valence electrons. The first-order valence-electron chi connectivity index (χ1n) is 10.3. The van der Waals surface area contributed by atoms with Gasteiger partial charge in [0.05, 0.1) is 25.4 Å². The summed E-state index contributed by atoms with van der Waals surface area (Å²) < 4.78 is 24.9. The molecule has 0 atom stereocenters. The third-order valence-electron chi connectivity index (χ3n) is 5.11. The van der Waals surface area contributed by atoms with E-state index in [0.29, 0.717) is 30.2 Å². The van der Waals surface area contributed by atoms with E-state index in [0.717, 1.165) is 17.0 Å². The fourth-order valence-electron chi connectivity index (χ4n) is 3.41. The average Bonchev–Trinajstić information content (AvgIpc) is 3.31. The van der Waals surface area contributed by atoms with Crippen molar-refractivity contribution in [2.75, 3.05) is 12.0 Å². The van der Waals surface area contributed by atoms with Crippen LogP contribution >= 0.6 is 0 Å². The van der Waals surface area contributed by atoms with Gasteiger partial charge in [0.2, 0.25) is 5.91 Å². The van der Waals surface area contributed by atoms with Crippen molar-refractivity contribution in [1.29, 1.82) is 0 Å². The van der Waals surface area contributed by atoms with Gasteiger partial charge in [-0.1, -0.05) is 42.5 Å². The summed E-state index contributed by atoms with van der Waals surface area (Å²) in [6.45, 7) is 0.443. The minimum absolute atomic E-state index is 0.0651. The van der Waals surface area contributed by atoms with Crippen LogP contribution in [-0.4, -0.2) is 18.0 Å². The van der Waals surface area contributed by atoms with Crippen LogP contribution in [0.5, 0.6) is 5.75 Å². The highest BCUT2D eigenvalue weighted by Crippen LogP contribution is 2.25. The summed E-state index contributed by atoms with van der Waals surface area (Å²) in [7, 11) is 1.60. The number of hydrogen-bond donors (Lipinski definition) is 0. The lowest BCUT2D eigenvalue weighted by molar-refractivity contribution is -0.118. The molecule has 0 fully saturated rings. The number of anilines is 1. The smallest absolute Gasteiger partial charge is 0.227 e. The van der Waals surface area contributed by atoms with E-state index in [2.05, 4.69) is 4.98 Å². The number of aryl methyl sites for hydroxylation is 1. The van der Waals surface area contributed by atoms with Gasteiger partial charge in [-0.15, -0.1) is 0 Å². The largest absolute Gasteiger partial charge is 0.497 e. The maximum absolute atomic E-state index is 14.0. The molecule has 1 aromatic heterocycles. The number of amides is 1. The fraction of sp³-hybridized carbons (Fsp3) is 0.154. The van der Waals surface area contributed by atoms with Crippen molar-refractivity contribution in [3.63, 3.8) is 0 Å². The monoisotopic (exact) mass is 430 g/mol. The van der Waals surface area contributed by atoms with Crippen LogP contribution < -0.4 is 9.64 Å². The summed E-state index contributed by atoms with van der Waals surface area (Å²) in [5.74, 6) is 1.03. The van der Waals surface area contributed by atoms with E-state index in [1.165, 1.54) is 12.3 Å². The first-order chi connectivity index (χ1) is 15.6. The highest BCUT2D eigenvalue weighted by Gasteiger charge is 2.18. The summed E-state index contributed by atoms with van der Waals surface area (Å²) in [5, 5.41) is 0. The lowest BCUT2D eigenvalue weighted by Crippen LogP contribution is -2.30. The number of aromatic nitrogens is 1. The van der Waals surface area contributed by atoms with Gasteiger partial charge >= 0.3 is 0 Å². The molecule has 0 aliphatic carbocycles. The Balaban J connectivity index is 1.49. The molecule has 0 aliphatic rings. The minimum atomic E-state index is -0.375. The summed E-state index contributed by atoms with van der Waals surface area (Å²) in [5.41, 5.74) is 2.15. The third kappa shape index (κ3) is 5.03. The van der Waals surface area contributed by atoms with Crippen molar-refractivity contribution in [2.24, 2.45) is 0 Å². The Morgan fingerprint density at radius 3 is 2.44 bits per heavy atom. The van der Waals surface area contributed by atoms with Crippen molar-refractivity contribution in [3.8, 4) is 17.1 Å². The second kappa shape index (κ2) is 9.92. The van der Waals surface area contributed by atoms with E-state index in [1.807, 2.05) is 54.6 Å². The molecule has 32 heavy (non-hydrogen) atoms. The van der Waals surface area contributed by atoms with Crippen molar-refractivity contribution in [2.45, 2.75) is 19.4 Å². The predicted molar refractivity (Wildman–Crippen MR) is 121 cm³/mol. The van der Waals surface area contributed by atoms with Crippen molar-refractivity contribution >= 4 is 11.6 Å². The summed E-state index contributed by atoms with van der Waals surface area (Å²) in [4.78, 5) is 19.1. The molecular weight excluding hydrogens is 407 g/mol. The predicted octanol–water partition coefficient (Wildman–Crippen LogP) is 5.66. The van der Waals surface area contributed by atoms with Gasteiger partial charge in [0.15, 0.2) is 11.7 Å². The minimum Gasteiger partial charge on any atom is -0.497 e. The number of methoxy groups -OCH3 is 1. The average molecular weight is 430 g/mol. The zero-order chi connectivity index (χ0) is 22.3. The summed E-state index contributed by atoms with van der Waals surface area (Å²) in [6.07, 6.45) is 2.01. The maximum atomic E-state index is 14.0. The Bertz CT molecular complexity index is 1170. The lowest BCUT2D eigenvalue weighted by atomic mass is 10.1. The molecule has 0 saturated carbocycles. The molecule has 4 rings (SSSR count). The Kier molecular flexibility index (Phi) is 6.60. The highest BCUT2D eigenvalue weighted by molar-refractivity contribution is 5.93. The Morgan fingerprint density at radius 1 is 1.00 bits per heavy atom. The maximum Gasteiger partial charge on any atom is 0.227 e. The zero-order valence-corrected chi connectivity index (χ0v) is 17.7. The van der Waals surface area contributed by atoms with Gasteiger partial charge < -0.3 is 14.1 Å². The van der Waals surface area contributed by atoms with Gasteiger partial charge in [-0.2, -0.15) is 0 Å². The number of nitrogens with zero attached hydrogens (tertiary/aromatic N) is 2. The molecule has 0 bridgehead atoms. The molecule has 1 amide bonds. The normalized spacial score (nSPS) is 10.7. The lowest BCUT2D eigenvalue weighted by Gasteiger charge is -2.23. The molecule has 0 N–H and O–H groups in total. The van der Waals surface area contributed by atoms with E-state index >= 15 is 0 Å². The van der Waals surface area contributed by atoms with Gasteiger partial charge in [-0.05, 0) is 42.0 Å². The third-order valence-corrected chi connectivity index (χ3v) is 5.11. The van der Waals surface area contributed by atoms with Gasteiger partial charge in [0, 0.05) is 18.5 Å². The molecule has 0 aliphatic heterocycles. The van der Waals surface area contributed by atoms with Crippen LogP contribution in [0.2, 0.25) is 0 Å². The van der Waals surface area contributed by atoms with Gasteiger partial charge in [-0.3, -0.25) is 4.79 Å². The topological polar surface area (TPSA) is 55.6 Å². The first kappa shape index (κ1) is 21.3. The van der Waals surface area contributed by atoms with Crippen molar-refractivity contribution in [1.82, 2.24) is 4.98 Å². The summed E-state index contributed by atoms with van der Waals surface area (Å²) >= 11 is 0. The van der Waals surface area contributed by atoms with E-state index in [9.17, 15) is 9.18 Å². The number of halogens is 1. The van der Waals surface area contributed by atoms with Gasteiger partial charge in [0.1, 0.15) is 11.6 Å². The second-order valence-electron chi connectivity index (χ2n) is 7.26. The first-order valence-corrected chi connectivity index (χ1v) is 10.3. The van der Waals surface area contributed by atoms with Crippen molar-refractivity contribution < 1.29 is 18.3 Å². The van der Waals surface area contributed by atoms with E-state index in [4.69, 9.17) is 9.15 Å². The number of carbonyl (C=O) groups excluding carboxylic acids is 1. The standard InChI is InChI=1S/C26H23FN2O3/c1-31-21-13-11-20(12-14-21)29(18-19-7-3-2-4-8-19)26(30)16-15-25-28-17-24(32-25)22-9-5-6-10-23(22)27/h2-14,17H,15-16,18H2,1H3. The van der Waals surface area contributed by atoms with E-state index < -0.39 is 0 Å². The number of benzene rings is 3. The van der Waals surface area contributed by atoms with E-state index in [-0.39, 0.29) is 18.1 Å². The van der Waals surface area contributed by atoms with Crippen molar-refractivity contribution in [3.05, 3.63) is 102 Å². The number of oxazole rings is 1. The SMILES string of the molecule is COc1ccc(N(Cc2ccccc2)C(=O)CCc2ncc(-c3ccccc3F)o2)cc1.